The second-order valence-corrected chi connectivity index (χ2v) is 7.99. The summed E-state index contributed by atoms with van der Waals surface area (Å²) < 4.78 is 6.43. The van der Waals surface area contributed by atoms with E-state index in [1.54, 1.807) is 12.1 Å². The van der Waals surface area contributed by atoms with E-state index in [1.165, 1.54) is 0 Å². The van der Waals surface area contributed by atoms with E-state index in [0.717, 1.165) is 32.3 Å². The topological polar surface area (TPSA) is 63.6 Å². The number of fused-ring (bicyclic) bond motifs is 3. The molecule has 4 rings (SSSR count). The minimum absolute atomic E-state index is 0.0894. The van der Waals surface area contributed by atoms with Crippen LogP contribution in [0.3, 0.4) is 0 Å². The number of carbonyl (C=O) groups excluding carboxylic acids is 1. The van der Waals surface area contributed by atoms with Gasteiger partial charge in [0.2, 0.25) is 0 Å². The Morgan fingerprint density at radius 2 is 1.45 bits per heavy atom. The fourth-order valence-electron chi connectivity index (χ4n) is 3.83. The zero-order valence-electron chi connectivity index (χ0n) is 15.5. The van der Waals surface area contributed by atoms with E-state index in [2.05, 4.69) is 28.1 Å². The summed E-state index contributed by atoms with van der Waals surface area (Å²) in [6, 6.07) is 23.3. The highest BCUT2D eigenvalue weighted by molar-refractivity contribution is 9.10. The molecule has 0 bridgehead atoms. The maximum Gasteiger partial charge on any atom is 0.320 e. The lowest BCUT2D eigenvalue weighted by molar-refractivity contribution is -0.158. The van der Waals surface area contributed by atoms with E-state index in [9.17, 15) is 14.7 Å². The molecule has 0 aliphatic heterocycles. The molecule has 0 saturated heterocycles. The first-order chi connectivity index (χ1) is 14.0. The van der Waals surface area contributed by atoms with Gasteiger partial charge < -0.3 is 9.84 Å². The van der Waals surface area contributed by atoms with Gasteiger partial charge in [0.05, 0.1) is 0 Å². The highest BCUT2D eigenvalue weighted by Crippen LogP contribution is 2.44. The van der Waals surface area contributed by atoms with Crippen molar-refractivity contribution in [3.05, 3.63) is 94.0 Å². The molecular formula is C24H19BrO4. The number of benzene rings is 3. The van der Waals surface area contributed by atoms with Crippen LogP contribution in [-0.2, 0) is 20.7 Å². The lowest BCUT2D eigenvalue weighted by Gasteiger charge is -2.17. The second-order valence-electron chi connectivity index (χ2n) is 7.08. The van der Waals surface area contributed by atoms with Gasteiger partial charge in [-0.1, -0.05) is 76.6 Å². The zero-order chi connectivity index (χ0) is 20.4. The second kappa shape index (κ2) is 8.21. The molecule has 3 aromatic carbocycles. The molecule has 3 aromatic rings. The van der Waals surface area contributed by atoms with Crippen molar-refractivity contribution in [2.45, 2.75) is 12.3 Å². The number of aliphatic carboxylic acids is 1. The monoisotopic (exact) mass is 450 g/mol. The lowest BCUT2D eigenvalue weighted by Crippen LogP contribution is -2.29. The number of rotatable bonds is 6. The van der Waals surface area contributed by atoms with Crippen LogP contribution in [0.4, 0.5) is 0 Å². The Kier molecular flexibility index (Phi) is 5.49. The number of carbonyl (C=O) groups is 2. The molecule has 0 saturated carbocycles. The number of carboxylic acids is 1. The summed E-state index contributed by atoms with van der Waals surface area (Å²) in [6.07, 6.45) is 0.0965. The van der Waals surface area contributed by atoms with E-state index in [4.69, 9.17) is 4.74 Å². The Hall–Kier alpha value is -2.92. The van der Waals surface area contributed by atoms with Gasteiger partial charge in [0, 0.05) is 10.4 Å². The smallest absolute Gasteiger partial charge is 0.320 e. The third-order valence-electron chi connectivity index (χ3n) is 5.29. The number of esters is 1. The van der Waals surface area contributed by atoms with Crippen molar-refractivity contribution in [2.24, 2.45) is 5.92 Å². The van der Waals surface area contributed by atoms with Crippen LogP contribution >= 0.6 is 15.9 Å². The summed E-state index contributed by atoms with van der Waals surface area (Å²) in [5.41, 5.74) is 5.24. The minimum Gasteiger partial charge on any atom is -0.481 e. The molecule has 0 unspecified atom stereocenters. The molecule has 29 heavy (non-hydrogen) atoms. The Balaban J connectivity index is 1.51. The fraction of sp³-hybridized carbons (Fsp3) is 0.167. The first-order valence-corrected chi connectivity index (χ1v) is 10.2. The highest BCUT2D eigenvalue weighted by atomic mass is 79.9. The quantitative estimate of drug-likeness (QED) is 0.421. The Morgan fingerprint density at radius 1 is 0.897 bits per heavy atom. The lowest BCUT2D eigenvalue weighted by atomic mass is 9.97. The van der Waals surface area contributed by atoms with Gasteiger partial charge in [0.15, 0.2) is 5.92 Å². The summed E-state index contributed by atoms with van der Waals surface area (Å²) in [7, 11) is 0. The van der Waals surface area contributed by atoms with Crippen molar-refractivity contribution in [3.8, 4) is 11.1 Å². The average molecular weight is 451 g/mol. The van der Waals surface area contributed by atoms with Crippen LogP contribution in [0, 0.1) is 5.92 Å². The first kappa shape index (κ1) is 19.4. The average Bonchev–Trinajstić information content (AvgIpc) is 3.05. The third-order valence-corrected chi connectivity index (χ3v) is 5.82. The van der Waals surface area contributed by atoms with Gasteiger partial charge in [-0.3, -0.25) is 9.59 Å². The predicted molar refractivity (Wildman–Crippen MR) is 114 cm³/mol. The van der Waals surface area contributed by atoms with Crippen LogP contribution in [0.15, 0.2) is 77.3 Å². The summed E-state index contributed by atoms with van der Waals surface area (Å²) in [5, 5.41) is 9.56. The molecule has 0 spiro atoms. The number of hydrogen-bond acceptors (Lipinski definition) is 3. The Morgan fingerprint density at radius 3 is 2.00 bits per heavy atom. The van der Waals surface area contributed by atoms with Crippen molar-refractivity contribution in [1.82, 2.24) is 0 Å². The van der Waals surface area contributed by atoms with Crippen LogP contribution in [0.1, 0.15) is 22.6 Å². The number of carboxylic acid groups (broad SMARTS) is 1. The SMILES string of the molecule is O=C(O)[C@H](Cc1ccc(Br)cc1)C(=O)OCC1c2ccccc2-c2ccccc21. The van der Waals surface area contributed by atoms with E-state index >= 15 is 0 Å². The van der Waals surface area contributed by atoms with Crippen molar-refractivity contribution in [2.75, 3.05) is 6.61 Å². The predicted octanol–water partition coefficient (Wildman–Crippen LogP) is 5.05. The molecule has 1 aliphatic rings. The van der Waals surface area contributed by atoms with E-state index in [1.807, 2.05) is 48.5 Å². The van der Waals surface area contributed by atoms with Crippen LogP contribution in [0.2, 0.25) is 0 Å². The van der Waals surface area contributed by atoms with E-state index in [0.29, 0.717) is 0 Å². The van der Waals surface area contributed by atoms with Crippen LogP contribution in [-0.4, -0.2) is 23.7 Å². The molecule has 5 heteroatoms. The normalized spacial score (nSPS) is 13.4. The Bertz CT molecular complexity index is 1010. The molecule has 0 heterocycles. The Labute approximate surface area is 177 Å². The number of ether oxygens (including phenoxy) is 1. The van der Waals surface area contributed by atoms with Gasteiger partial charge in [-0.15, -0.1) is 0 Å². The molecule has 1 N–H and O–H groups in total. The summed E-state index contributed by atoms with van der Waals surface area (Å²) in [5.74, 6) is -3.20. The van der Waals surface area contributed by atoms with Crippen molar-refractivity contribution in [1.29, 1.82) is 0 Å². The van der Waals surface area contributed by atoms with Gasteiger partial charge in [-0.2, -0.15) is 0 Å². The fourth-order valence-corrected chi connectivity index (χ4v) is 4.10. The van der Waals surface area contributed by atoms with Gasteiger partial charge in [-0.25, -0.2) is 0 Å². The summed E-state index contributed by atoms with van der Waals surface area (Å²) in [6.45, 7) is 0.122. The summed E-state index contributed by atoms with van der Waals surface area (Å²) in [4.78, 5) is 24.3. The van der Waals surface area contributed by atoms with Gasteiger partial charge >= 0.3 is 11.9 Å². The van der Waals surface area contributed by atoms with E-state index in [-0.39, 0.29) is 18.9 Å². The molecule has 4 nitrogen and oxygen atoms in total. The molecule has 0 fully saturated rings. The van der Waals surface area contributed by atoms with Gasteiger partial charge in [0.1, 0.15) is 6.61 Å². The van der Waals surface area contributed by atoms with Crippen molar-refractivity contribution in [3.63, 3.8) is 0 Å². The molecule has 0 aromatic heterocycles. The maximum atomic E-state index is 12.6. The molecule has 0 amide bonds. The van der Waals surface area contributed by atoms with Gasteiger partial charge in [-0.05, 0) is 46.4 Å². The van der Waals surface area contributed by atoms with Crippen LogP contribution in [0.25, 0.3) is 11.1 Å². The standard InChI is InChI=1S/C24H19BrO4/c25-16-11-9-15(10-12-16)13-21(23(26)27)24(28)29-14-22-19-7-3-1-5-17(19)18-6-2-4-8-20(18)22/h1-12,21-22H,13-14H2,(H,26,27)/t21-/m0/s1. The minimum atomic E-state index is -1.23. The highest BCUT2D eigenvalue weighted by Gasteiger charge is 2.32. The number of halogens is 1. The largest absolute Gasteiger partial charge is 0.481 e. The molecule has 146 valence electrons. The maximum absolute atomic E-state index is 12.6. The van der Waals surface area contributed by atoms with Crippen molar-refractivity contribution >= 4 is 27.9 Å². The molecule has 1 atom stereocenters. The first-order valence-electron chi connectivity index (χ1n) is 9.36. The molecular weight excluding hydrogens is 432 g/mol. The van der Waals surface area contributed by atoms with E-state index < -0.39 is 17.9 Å². The zero-order valence-corrected chi connectivity index (χ0v) is 17.1. The number of hydrogen-bond donors (Lipinski definition) is 1. The third kappa shape index (κ3) is 3.96. The molecule has 1 aliphatic carbocycles. The van der Waals surface area contributed by atoms with Crippen molar-refractivity contribution < 1.29 is 19.4 Å². The van der Waals surface area contributed by atoms with Gasteiger partial charge in [0.25, 0.3) is 0 Å². The molecule has 0 radical (unpaired) electrons. The van der Waals surface area contributed by atoms with Crippen LogP contribution < -0.4 is 0 Å². The summed E-state index contributed by atoms with van der Waals surface area (Å²) >= 11 is 3.35. The van der Waals surface area contributed by atoms with Crippen LogP contribution in [0.5, 0.6) is 0 Å².